The number of carboxylic acid groups (broad SMARTS) is 1. The molecule has 5 nitrogen and oxygen atoms in total. The van der Waals surface area contributed by atoms with Gasteiger partial charge in [-0.15, -0.1) is 0 Å². The number of aliphatic carboxylic acids is 1. The van der Waals surface area contributed by atoms with Crippen LogP contribution in [0.1, 0.15) is 33.6 Å². The van der Waals surface area contributed by atoms with Gasteiger partial charge in [0.15, 0.2) is 0 Å². The van der Waals surface area contributed by atoms with Gasteiger partial charge >= 0.3 is 5.97 Å². The van der Waals surface area contributed by atoms with E-state index >= 15 is 0 Å². The summed E-state index contributed by atoms with van der Waals surface area (Å²) in [6.45, 7) is 6.78. The van der Waals surface area contributed by atoms with Crippen molar-refractivity contribution in [2.75, 3.05) is 13.1 Å². The number of carbonyl (C=O) groups is 2. The Labute approximate surface area is 108 Å². The molecule has 3 atom stereocenters. The Kier molecular flexibility index (Phi) is 5.14. The van der Waals surface area contributed by atoms with Crippen LogP contribution in [0.15, 0.2) is 0 Å². The van der Waals surface area contributed by atoms with Gasteiger partial charge in [0.05, 0.1) is 5.92 Å². The maximum Gasteiger partial charge on any atom is 0.326 e. The summed E-state index contributed by atoms with van der Waals surface area (Å²) < 4.78 is 0. The molecule has 104 valence electrons. The van der Waals surface area contributed by atoms with E-state index in [9.17, 15) is 14.7 Å². The van der Waals surface area contributed by atoms with Crippen molar-refractivity contribution in [3.63, 3.8) is 0 Å². The molecule has 0 aromatic carbocycles. The predicted molar refractivity (Wildman–Crippen MR) is 68.9 cm³/mol. The number of nitrogens with two attached hydrogens (primary N) is 1. The minimum Gasteiger partial charge on any atom is -0.480 e. The van der Waals surface area contributed by atoms with Crippen molar-refractivity contribution in [3.05, 3.63) is 0 Å². The van der Waals surface area contributed by atoms with Gasteiger partial charge < -0.3 is 15.7 Å². The highest BCUT2D eigenvalue weighted by molar-refractivity contribution is 5.86. The van der Waals surface area contributed by atoms with E-state index in [1.807, 2.05) is 20.8 Å². The topological polar surface area (TPSA) is 83.6 Å². The van der Waals surface area contributed by atoms with Crippen LogP contribution < -0.4 is 5.73 Å². The minimum absolute atomic E-state index is 0.0175. The first kappa shape index (κ1) is 15.0. The fourth-order valence-electron chi connectivity index (χ4n) is 2.67. The van der Waals surface area contributed by atoms with Crippen molar-refractivity contribution >= 4 is 11.9 Å². The van der Waals surface area contributed by atoms with Gasteiger partial charge in [-0.2, -0.15) is 0 Å². The quantitative estimate of drug-likeness (QED) is 0.766. The van der Waals surface area contributed by atoms with Crippen LogP contribution in [0.5, 0.6) is 0 Å². The van der Waals surface area contributed by atoms with Crippen molar-refractivity contribution in [1.29, 1.82) is 0 Å². The number of carbonyl (C=O) groups excluding carboxylic acids is 1. The second kappa shape index (κ2) is 6.18. The Balaban J connectivity index is 2.78. The predicted octanol–water partition coefficient (Wildman–Crippen LogP) is 0.929. The van der Waals surface area contributed by atoms with Gasteiger partial charge in [-0.05, 0) is 24.7 Å². The normalized spacial score (nSPS) is 25.5. The molecule has 3 N–H and O–H groups in total. The summed E-state index contributed by atoms with van der Waals surface area (Å²) >= 11 is 0. The highest BCUT2D eigenvalue weighted by atomic mass is 16.4. The van der Waals surface area contributed by atoms with Gasteiger partial charge in [0.2, 0.25) is 5.91 Å². The van der Waals surface area contributed by atoms with E-state index in [-0.39, 0.29) is 24.3 Å². The minimum atomic E-state index is -0.909. The smallest absolute Gasteiger partial charge is 0.326 e. The molecule has 1 aliphatic rings. The molecular weight excluding hydrogens is 232 g/mol. The molecule has 0 saturated carbocycles. The molecule has 1 fully saturated rings. The third-order valence-electron chi connectivity index (χ3n) is 3.63. The Morgan fingerprint density at radius 2 is 2.06 bits per heavy atom. The summed E-state index contributed by atoms with van der Waals surface area (Å²) in [6.07, 6.45) is 1.47. The molecule has 1 heterocycles. The Morgan fingerprint density at radius 1 is 1.44 bits per heavy atom. The number of nitrogens with zero attached hydrogens (tertiary/aromatic N) is 1. The lowest BCUT2D eigenvalue weighted by Crippen LogP contribution is -2.47. The Bertz CT molecular complexity index is 317. The van der Waals surface area contributed by atoms with E-state index in [2.05, 4.69) is 0 Å². The molecule has 0 aromatic heterocycles. The lowest BCUT2D eigenvalue weighted by molar-refractivity contribution is -0.151. The monoisotopic (exact) mass is 256 g/mol. The molecule has 0 aromatic rings. The van der Waals surface area contributed by atoms with Gasteiger partial charge in [-0.3, -0.25) is 4.79 Å². The molecule has 0 radical (unpaired) electrons. The summed E-state index contributed by atoms with van der Waals surface area (Å²) in [5, 5.41) is 9.21. The van der Waals surface area contributed by atoms with E-state index in [0.717, 1.165) is 6.42 Å². The fourth-order valence-corrected chi connectivity index (χ4v) is 2.67. The third-order valence-corrected chi connectivity index (χ3v) is 3.63. The lowest BCUT2D eigenvalue weighted by atomic mass is 9.95. The van der Waals surface area contributed by atoms with Crippen LogP contribution in [0.3, 0.4) is 0 Å². The van der Waals surface area contributed by atoms with Crippen LogP contribution in [0.25, 0.3) is 0 Å². The molecule has 0 bridgehead atoms. The first-order valence-electron chi connectivity index (χ1n) is 6.61. The maximum atomic E-state index is 12.4. The van der Waals surface area contributed by atoms with Crippen molar-refractivity contribution in [2.45, 2.75) is 39.7 Å². The fraction of sp³-hybridized carbons (Fsp3) is 0.846. The van der Waals surface area contributed by atoms with Crippen molar-refractivity contribution in [3.8, 4) is 0 Å². The largest absolute Gasteiger partial charge is 0.480 e. The summed E-state index contributed by atoms with van der Waals surface area (Å²) in [5.41, 5.74) is 5.65. The number of likely N-dealkylation sites (tertiary alicyclic amines) is 1. The van der Waals surface area contributed by atoms with E-state index < -0.39 is 12.0 Å². The van der Waals surface area contributed by atoms with E-state index in [0.29, 0.717) is 18.9 Å². The van der Waals surface area contributed by atoms with Crippen LogP contribution >= 0.6 is 0 Å². The number of hydrogen-bond acceptors (Lipinski definition) is 3. The Morgan fingerprint density at radius 3 is 2.50 bits per heavy atom. The summed E-state index contributed by atoms with van der Waals surface area (Å²) in [5.74, 6) is -0.858. The molecule has 1 saturated heterocycles. The summed E-state index contributed by atoms with van der Waals surface area (Å²) in [4.78, 5) is 25.1. The molecular formula is C13H24N2O3. The number of hydrogen-bond donors (Lipinski definition) is 2. The summed E-state index contributed by atoms with van der Waals surface area (Å²) in [7, 11) is 0. The van der Waals surface area contributed by atoms with Crippen molar-refractivity contribution < 1.29 is 14.7 Å². The molecule has 1 amide bonds. The third kappa shape index (κ3) is 3.22. The second-order valence-electron chi connectivity index (χ2n) is 5.64. The van der Waals surface area contributed by atoms with Crippen LogP contribution in [-0.4, -0.2) is 41.0 Å². The zero-order valence-corrected chi connectivity index (χ0v) is 11.4. The van der Waals surface area contributed by atoms with Crippen molar-refractivity contribution in [1.82, 2.24) is 4.90 Å². The molecule has 1 aliphatic heterocycles. The Hall–Kier alpha value is -1.10. The number of carboxylic acids is 1. The molecule has 18 heavy (non-hydrogen) atoms. The van der Waals surface area contributed by atoms with Crippen LogP contribution in [0.2, 0.25) is 0 Å². The maximum absolute atomic E-state index is 12.4. The first-order chi connectivity index (χ1) is 8.38. The second-order valence-corrected chi connectivity index (χ2v) is 5.64. The standard InChI is InChI=1S/C13H24N2O3/c1-8(2)6-10(7-14)12(16)15-5-4-9(3)11(15)13(17)18/h8-11H,4-7,14H2,1-3H3,(H,17,18). The van der Waals surface area contributed by atoms with E-state index in [4.69, 9.17) is 5.73 Å². The van der Waals surface area contributed by atoms with E-state index in [1.165, 1.54) is 4.90 Å². The van der Waals surface area contributed by atoms with Gasteiger partial charge in [0, 0.05) is 13.1 Å². The lowest BCUT2D eigenvalue weighted by Gasteiger charge is -2.28. The molecule has 3 unspecified atom stereocenters. The van der Waals surface area contributed by atoms with Crippen molar-refractivity contribution in [2.24, 2.45) is 23.5 Å². The zero-order valence-electron chi connectivity index (χ0n) is 11.4. The molecule has 1 rings (SSSR count). The zero-order chi connectivity index (χ0) is 13.9. The van der Waals surface area contributed by atoms with Gasteiger partial charge in [-0.1, -0.05) is 20.8 Å². The van der Waals surface area contributed by atoms with Gasteiger partial charge in [-0.25, -0.2) is 4.79 Å². The first-order valence-corrected chi connectivity index (χ1v) is 6.61. The number of rotatable bonds is 5. The van der Waals surface area contributed by atoms with Gasteiger partial charge in [0.1, 0.15) is 6.04 Å². The van der Waals surface area contributed by atoms with Crippen LogP contribution in [0.4, 0.5) is 0 Å². The molecule has 5 heteroatoms. The average Bonchev–Trinajstić information content (AvgIpc) is 2.66. The average molecular weight is 256 g/mol. The van der Waals surface area contributed by atoms with E-state index in [1.54, 1.807) is 0 Å². The SMILES string of the molecule is CC(C)CC(CN)C(=O)N1CCC(C)C1C(=O)O. The highest BCUT2D eigenvalue weighted by Crippen LogP contribution is 2.27. The highest BCUT2D eigenvalue weighted by Gasteiger charge is 2.41. The van der Waals surface area contributed by atoms with Crippen LogP contribution in [0, 0.1) is 17.8 Å². The van der Waals surface area contributed by atoms with Crippen LogP contribution in [-0.2, 0) is 9.59 Å². The number of amides is 1. The van der Waals surface area contributed by atoms with Gasteiger partial charge in [0.25, 0.3) is 0 Å². The molecule has 0 spiro atoms. The molecule has 0 aliphatic carbocycles. The summed E-state index contributed by atoms with van der Waals surface area (Å²) in [6, 6.07) is -0.682.